The Morgan fingerprint density at radius 1 is 1.14 bits per heavy atom. The van der Waals surface area contributed by atoms with E-state index in [2.05, 4.69) is 10.3 Å². The second kappa shape index (κ2) is 9.84. The quantitative estimate of drug-likeness (QED) is 0.497. The molecule has 1 aromatic heterocycles. The molecule has 2 amide bonds. The SMILES string of the molecule is Cc1ncc(Cl)cc1C(=O)N[C@H]1CC[C@H](CN2C(=O)C(O)(c3ccccc3F)c3cc(F)ccc32)CC1. The molecular weight excluding hydrogens is 500 g/mol. The van der Waals surface area contributed by atoms with E-state index in [1.54, 1.807) is 13.0 Å². The highest BCUT2D eigenvalue weighted by Gasteiger charge is 2.52. The molecule has 6 nitrogen and oxygen atoms in total. The molecular formula is C28H26ClF2N3O3. The van der Waals surface area contributed by atoms with Gasteiger partial charge in [-0.3, -0.25) is 14.6 Å². The van der Waals surface area contributed by atoms with Gasteiger partial charge in [-0.05, 0) is 68.9 Å². The number of hydrogen-bond acceptors (Lipinski definition) is 4. The lowest BCUT2D eigenvalue weighted by Gasteiger charge is -2.32. The molecule has 0 saturated heterocycles. The van der Waals surface area contributed by atoms with Crippen LogP contribution in [0.5, 0.6) is 0 Å². The van der Waals surface area contributed by atoms with Crippen LogP contribution in [0.1, 0.15) is 52.9 Å². The topological polar surface area (TPSA) is 82.5 Å². The first-order chi connectivity index (χ1) is 17.7. The van der Waals surface area contributed by atoms with Crippen LogP contribution in [0.15, 0.2) is 54.7 Å². The van der Waals surface area contributed by atoms with Gasteiger partial charge in [-0.25, -0.2) is 8.78 Å². The highest BCUT2D eigenvalue weighted by atomic mass is 35.5. The minimum atomic E-state index is -2.31. The molecule has 0 spiro atoms. The summed E-state index contributed by atoms with van der Waals surface area (Å²) in [6, 6.07) is 10.8. The van der Waals surface area contributed by atoms with E-state index in [4.69, 9.17) is 11.6 Å². The van der Waals surface area contributed by atoms with Crippen LogP contribution in [0.2, 0.25) is 5.02 Å². The molecule has 192 valence electrons. The molecule has 1 aliphatic carbocycles. The van der Waals surface area contributed by atoms with Gasteiger partial charge in [0.25, 0.3) is 11.8 Å². The summed E-state index contributed by atoms with van der Waals surface area (Å²) in [7, 11) is 0. The lowest BCUT2D eigenvalue weighted by molar-refractivity contribution is -0.132. The Labute approximate surface area is 218 Å². The minimum Gasteiger partial charge on any atom is -0.372 e. The number of nitrogens with one attached hydrogen (secondary N) is 1. The zero-order valence-electron chi connectivity index (χ0n) is 20.2. The lowest BCUT2D eigenvalue weighted by Crippen LogP contribution is -2.45. The number of amides is 2. The van der Waals surface area contributed by atoms with Gasteiger partial charge in [0.15, 0.2) is 5.60 Å². The Morgan fingerprint density at radius 3 is 2.59 bits per heavy atom. The van der Waals surface area contributed by atoms with Crippen LogP contribution < -0.4 is 10.2 Å². The van der Waals surface area contributed by atoms with Gasteiger partial charge in [-0.15, -0.1) is 0 Å². The van der Waals surface area contributed by atoms with Crippen LogP contribution in [0, 0.1) is 24.5 Å². The Kier molecular flexibility index (Phi) is 6.72. The minimum absolute atomic E-state index is 0.0341. The number of benzene rings is 2. The molecule has 2 N–H and O–H groups in total. The summed E-state index contributed by atoms with van der Waals surface area (Å²) in [5.74, 6) is -2.19. The number of hydrogen-bond donors (Lipinski definition) is 2. The third-order valence-corrected chi connectivity index (χ3v) is 7.59. The molecule has 1 saturated carbocycles. The predicted octanol–water partition coefficient (Wildman–Crippen LogP) is 4.89. The zero-order valence-corrected chi connectivity index (χ0v) is 20.9. The van der Waals surface area contributed by atoms with E-state index in [9.17, 15) is 23.5 Å². The molecule has 0 bridgehead atoms. The third kappa shape index (κ3) is 4.60. The molecule has 5 rings (SSSR count). The van der Waals surface area contributed by atoms with Gasteiger partial charge in [0.05, 0.1) is 22.0 Å². The average Bonchev–Trinajstić information content (AvgIpc) is 3.08. The summed E-state index contributed by atoms with van der Waals surface area (Å²) < 4.78 is 28.9. The summed E-state index contributed by atoms with van der Waals surface area (Å²) in [6.07, 6.45) is 4.38. The summed E-state index contributed by atoms with van der Waals surface area (Å²) in [6.45, 7) is 2.05. The fourth-order valence-corrected chi connectivity index (χ4v) is 5.56. The molecule has 9 heteroatoms. The Morgan fingerprint density at radius 2 is 1.86 bits per heavy atom. The smallest absolute Gasteiger partial charge is 0.268 e. The summed E-state index contributed by atoms with van der Waals surface area (Å²) >= 11 is 5.99. The second-order valence-corrected chi connectivity index (χ2v) is 10.2. The second-order valence-electron chi connectivity index (χ2n) is 9.75. The van der Waals surface area contributed by atoms with Crippen molar-refractivity contribution in [2.45, 2.75) is 44.2 Å². The largest absolute Gasteiger partial charge is 0.372 e. The summed E-state index contributed by atoms with van der Waals surface area (Å²) in [5, 5.41) is 15.0. The van der Waals surface area contributed by atoms with E-state index in [0.29, 0.717) is 41.4 Å². The highest BCUT2D eigenvalue weighted by molar-refractivity contribution is 6.30. The number of pyridine rings is 1. The standard InChI is InChI=1S/C28H26ClF2N3O3/c1-16-21(12-18(29)14-32-16)26(35)33-20-9-6-17(7-10-20)15-34-25-11-8-19(30)13-23(25)28(37,27(34)36)22-4-2-3-5-24(22)31/h2-5,8,11-14,17,20,37H,6-7,9-10,15H2,1H3,(H,33,35)/t17-,20-,28?. The summed E-state index contributed by atoms with van der Waals surface area (Å²) in [5.41, 5.74) is -1.07. The van der Waals surface area contributed by atoms with Gasteiger partial charge in [-0.1, -0.05) is 29.8 Å². The van der Waals surface area contributed by atoms with E-state index in [0.717, 1.165) is 18.9 Å². The van der Waals surface area contributed by atoms with Gasteiger partial charge >= 0.3 is 0 Å². The molecule has 2 aromatic carbocycles. The van der Waals surface area contributed by atoms with Crippen LogP contribution in [-0.2, 0) is 10.4 Å². The number of rotatable bonds is 5. The van der Waals surface area contributed by atoms with Crippen LogP contribution >= 0.6 is 11.6 Å². The van der Waals surface area contributed by atoms with Crippen molar-refractivity contribution < 1.29 is 23.5 Å². The fraction of sp³-hybridized carbons (Fsp3) is 0.321. The first kappa shape index (κ1) is 25.3. The summed E-state index contributed by atoms with van der Waals surface area (Å²) in [4.78, 5) is 31.9. The van der Waals surface area contributed by atoms with Crippen molar-refractivity contribution in [1.82, 2.24) is 10.3 Å². The van der Waals surface area contributed by atoms with Crippen LogP contribution in [0.3, 0.4) is 0 Å². The van der Waals surface area contributed by atoms with Crippen molar-refractivity contribution in [1.29, 1.82) is 0 Å². The number of aliphatic hydroxyl groups is 1. The maximum Gasteiger partial charge on any atom is 0.268 e. The van der Waals surface area contributed by atoms with E-state index in [1.807, 2.05) is 0 Å². The molecule has 0 radical (unpaired) electrons. The van der Waals surface area contributed by atoms with Crippen LogP contribution in [0.25, 0.3) is 0 Å². The van der Waals surface area contributed by atoms with Crippen molar-refractivity contribution in [2.75, 3.05) is 11.4 Å². The Hall–Kier alpha value is -3.36. The number of aromatic nitrogens is 1. The van der Waals surface area contributed by atoms with Gasteiger partial charge in [0, 0.05) is 29.9 Å². The predicted molar refractivity (Wildman–Crippen MR) is 135 cm³/mol. The van der Waals surface area contributed by atoms with E-state index in [-0.39, 0.29) is 29.0 Å². The van der Waals surface area contributed by atoms with Crippen molar-refractivity contribution in [3.8, 4) is 0 Å². The number of aryl methyl sites for hydroxylation is 1. The molecule has 2 heterocycles. The number of fused-ring (bicyclic) bond motifs is 1. The number of carbonyl (C=O) groups excluding carboxylic acids is 2. The maximum absolute atomic E-state index is 14.7. The molecule has 3 aromatic rings. The van der Waals surface area contributed by atoms with E-state index in [1.165, 1.54) is 47.5 Å². The van der Waals surface area contributed by atoms with E-state index < -0.39 is 23.1 Å². The molecule has 2 aliphatic rings. The maximum atomic E-state index is 14.7. The molecule has 1 fully saturated rings. The number of halogens is 3. The zero-order chi connectivity index (χ0) is 26.3. The van der Waals surface area contributed by atoms with Crippen molar-refractivity contribution in [2.24, 2.45) is 5.92 Å². The first-order valence-corrected chi connectivity index (χ1v) is 12.6. The average molecular weight is 526 g/mol. The molecule has 1 aliphatic heterocycles. The lowest BCUT2D eigenvalue weighted by atomic mass is 9.85. The van der Waals surface area contributed by atoms with Crippen molar-refractivity contribution >= 4 is 29.1 Å². The third-order valence-electron chi connectivity index (χ3n) is 7.38. The van der Waals surface area contributed by atoms with Gasteiger partial charge in [-0.2, -0.15) is 0 Å². The fourth-order valence-electron chi connectivity index (χ4n) is 5.40. The van der Waals surface area contributed by atoms with Crippen LogP contribution in [-0.4, -0.2) is 34.5 Å². The normalized spacial score (nSPS) is 23.2. The number of anilines is 1. The monoisotopic (exact) mass is 525 g/mol. The van der Waals surface area contributed by atoms with Crippen molar-refractivity contribution in [3.63, 3.8) is 0 Å². The number of carbonyl (C=O) groups is 2. The van der Waals surface area contributed by atoms with Crippen molar-refractivity contribution in [3.05, 3.63) is 93.8 Å². The molecule has 37 heavy (non-hydrogen) atoms. The Balaban J connectivity index is 1.30. The van der Waals surface area contributed by atoms with Gasteiger partial charge in [0.1, 0.15) is 11.6 Å². The van der Waals surface area contributed by atoms with E-state index >= 15 is 0 Å². The first-order valence-electron chi connectivity index (χ1n) is 12.2. The molecule has 1 atom stereocenters. The highest BCUT2D eigenvalue weighted by Crippen LogP contribution is 2.46. The number of nitrogens with zero attached hydrogens (tertiary/aromatic N) is 2. The van der Waals surface area contributed by atoms with Crippen LogP contribution in [0.4, 0.5) is 14.5 Å². The molecule has 1 unspecified atom stereocenters. The van der Waals surface area contributed by atoms with Gasteiger partial charge < -0.3 is 15.3 Å². The Bertz CT molecular complexity index is 1380. The van der Waals surface area contributed by atoms with Gasteiger partial charge in [0.2, 0.25) is 0 Å².